The Morgan fingerprint density at radius 3 is 2.04 bits per heavy atom. The van der Waals surface area contributed by atoms with Crippen LogP contribution in [0, 0.1) is 0 Å². The van der Waals surface area contributed by atoms with Crippen LogP contribution in [0.5, 0.6) is 0 Å². The van der Waals surface area contributed by atoms with Gasteiger partial charge in [0.15, 0.2) is 5.82 Å². The highest BCUT2D eigenvalue weighted by Gasteiger charge is 2.38. The fraction of sp³-hybridized carbons (Fsp3) is 0.0638. The molecule has 0 bridgehead atoms. The molecule has 242 valence electrons. The number of anilines is 3. The molecule has 1 aliphatic rings. The summed E-state index contributed by atoms with van der Waals surface area (Å²) < 4.78 is 6.43. The number of nitrogens with zero attached hydrogens (tertiary/aromatic N) is 3. The van der Waals surface area contributed by atoms with Gasteiger partial charge in [0.2, 0.25) is 0 Å². The van der Waals surface area contributed by atoms with Crippen LogP contribution in [-0.2, 0) is 5.41 Å². The highest BCUT2D eigenvalue weighted by atomic mass is 16.3. The van der Waals surface area contributed by atoms with Crippen LogP contribution in [-0.4, -0.2) is 9.97 Å². The highest BCUT2D eigenvalue weighted by Crippen LogP contribution is 2.54. The average Bonchev–Trinajstić information content (AvgIpc) is 3.68. The molecule has 0 fully saturated rings. The molecule has 4 nitrogen and oxygen atoms in total. The van der Waals surface area contributed by atoms with E-state index in [1.807, 2.05) is 36.4 Å². The molecule has 10 rings (SSSR count). The number of para-hydroxylation sites is 3. The summed E-state index contributed by atoms with van der Waals surface area (Å²) in [5.74, 6) is 1.53. The SMILES string of the molecule is CC1(C)c2ccccc2-c2c(N(c3ccc(-c4cccc5c4oc4ccccc45)cc3)c3nc(-c4ccccc4)nc4ccccc34)cccc21. The molecule has 0 atom stereocenters. The zero-order valence-electron chi connectivity index (χ0n) is 28.3. The van der Waals surface area contributed by atoms with Crippen LogP contribution in [0.25, 0.3) is 66.5 Å². The first-order chi connectivity index (χ1) is 25.1. The quantitative estimate of drug-likeness (QED) is 0.185. The largest absolute Gasteiger partial charge is 0.455 e. The number of aromatic nitrogens is 2. The molecule has 1 aliphatic carbocycles. The van der Waals surface area contributed by atoms with Gasteiger partial charge in [0.05, 0.1) is 11.2 Å². The van der Waals surface area contributed by atoms with Gasteiger partial charge in [0, 0.05) is 44.0 Å². The van der Waals surface area contributed by atoms with Gasteiger partial charge in [-0.1, -0.05) is 141 Å². The average molecular weight is 656 g/mol. The standard InChI is InChI=1S/C47H33N3O/c1-47(2)38-21-9-6-17-36(38)43-39(47)22-13-24-41(43)50(46-37-18-7-10-23-40(37)48-45(49-46)31-14-4-3-5-15-31)32-28-26-30(27-29-32)33-19-12-20-35-34-16-8-11-25-42(34)51-44(33)35/h3-29H,1-2H3. The van der Waals surface area contributed by atoms with Gasteiger partial charge in [-0.05, 0) is 58.7 Å². The van der Waals surface area contributed by atoms with Gasteiger partial charge in [-0.25, -0.2) is 9.97 Å². The van der Waals surface area contributed by atoms with E-state index in [4.69, 9.17) is 14.4 Å². The van der Waals surface area contributed by atoms with Crippen molar-refractivity contribution in [3.63, 3.8) is 0 Å². The zero-order chi connectivity index (χ0) is 34.1. The monoisotopic (exact) mass is 655 g/mol. The number of hydrogen-bond acceptors (Lipinski definition) is 4. The van der Waals surface area contributed by atoms with Crippen LogP contribution in [0.4, 0.5) is 17.2 Å². The molecule has 0 amide bonds. The van der Waals surface area contributed by atoms with E-state index in [1.165, 1.54) is 22.3 Å². The molecule has 0 N–H and O–H groups in total. The molecule has 4 heteroatoms. The van der Waals surface area contributed by atoms with Crippen molar-refractivity contribution in [2.45, 2.75) is 19.3 Å². The number of hydrogen-bond donors (Lipinski definition) is 0. The van der Waals surface area contributed by atoms with E-state index in [9.17, 15) is 0 Å². The van der Waals surface area contributed by atoms with Crippen molar-refractivity contribution in [2.75, 3.05) is 4.90 Å². The third-order valence-corrected chi connectivity index (χ3v) is 10.5. The van der Waals surface area contributed by atoms with Crippen LogP contribution < -0.4 is 4.90 Å². The van der Waals surface area contributed by atoms with Crippen LogP contribution in [0.3, 0.4) is 0 Å². The van der Waals surface area contributed by atoms with E-state index in [0.29, 0.717) is 5.82 Å². The Kier molecular flexibility index (Phi) is 6.49. The summed E-state index contributed by atoms with van der Waals surface area (Å²) in [6.45, 7) is 4.65. The topological polar surface area (TPSA) is 42.2 Å². The lowest BCUT2D eigenvalue weighted by molar-refractivity contribution is 0.660. The lowest BCUT2D eigenvalue weighted by atomic mass is 9.82. The van der Waals surface area contributed by atoms with Crippen molar-refractivity contribution in [3.8, 4) is 33.6 Å². The molecule has 2 aromatic heterocycles. The Hall–Kier alpha value is -6.52. The van der Waals surface area contributed by atoms with E-state index in [1.54, 1.807) is 0 Å². The fourth-order valence-electron chi connectivity index (χ4n) is 8.01. The minimum atomic E-state index is -0.147. The van der Waals surface area contributed by atoms with Crippen LogP contribution in [0.1, 0.15) is 25.0 Å². The third-order valence-electron chi connectivity index (χ3n) is 10.5. The zero-order valence-corrected chi connectivity index (χ0v) is 28.3. The van der Waals surface area contributed by atoms with Gasteiger partial charge in [0.25, 0.3) is 0 Å². The summed E-state index contributed by atoms with van der Waals surface area (Å²) in [5.41, 5.74) is 12.9. The second-order valence-corrected chi connectivity index (χ2v) is 13.8. The molecule has 0 unspecified atom stereocenters. The molecule has 9 aromatic rings. The van der Waals surface area contributed by atoms with Crippen molar-refractivity contribution in [3.05, 3.63) is 175 Å². The van der Waals surface area contributed by atoms with Crippen molar-refractivity contribution < 1.29 is 4.42 Å². The predicted molar refractivity (Wildman–Crippen MR) is 210 cm³/mol. The van der Waals surface area contributed by atoms with Crippen molar-refractivity contribution in [1.29, 1.82) is 0 Å². The lowest BCUT2D eigenvalue weighted by Crippen LogP contribution is -2.17. The van der Waals surface area contributed by atoms with Crippen LogP contribution >= 0.6 is 0 Å². The highest BCUT2D eigenvalue weighted by molar-refractivity contribution is 6.09. The van der Waals surface area contributed by atoms with Crippen LogP contribution in [0.15, 0.2) is 168 Å². The summed E-state index contributed by atoms with van der Waals surface area (Å²) in [4.78, 5) is 12.8. The Bertz CT molecular complexity index is 2780. The Labute approximate surface area is 296 Å². The Balaban J connectivity index is 1.22. The first kappa shape index (κ1) is 29.4. The van der Waals surface area contributed by atoms with Crippen molar-refractivity contribution >= 4 is 50.0 Å². The number of furan rings is 1. The fourth-order valence-corrected chi connectivity index (χ4v) is 8.01. The van der Waals surface area contributed by atoms with E-state index in [0.717, 1.165) is 66.7 Å². The molecule has 2 heterocycles. The third kappa shape index (κ3) is 4.53. The van der Waals surface area contributed by atoms with Gasteiger partial charge < -0.3 is 4.42 Å². The molecule has 0 radical (unpaired) electrons. The minimum absolute atomic E-state index is 0.147. The van der Waals surface area contributed by atoms with Gasteiger partial charge >= 0.3 is 0 Å². The predicted octanol–water partition coefficient (Wildman–Crippen LogP) is 12.6. The maximum atomic E-state index is 6.43. The maximum Gasteiger partial charge on any atom is 0.162 e. The van der Waals surface area contributed by atoms with E-state index in [-0.39, 0.29) is 5.41 Å². The first-order valence-corrected chi connectivity index (χ1v) is 17.4. The molecular formula is C47H33N3O. The second kappa shape index (κ2) is 11.3. The van der Waals surface area contributed by atoms with Gasteiger partial charge in [-0.15, -0.1) is 0 Å². The molecule has 0 saturated heterocycles. The summed E-state index contributed by atoms with van der Waals surface area (Å²) in [5, 5.41) is 3.23. The maximum absolute atomic E-state index is 6.43. The van der Waals surface area contributed by atoms with E-state index < -0.39 is 0 Å². The molecule has 0 saturated carbocycles. The molecule has 7 aromatic carbocycles. The van der Waals surface area contributed by atoms with Crippen molar-refractivity contribution in [1.82, 2.24) is 9.97 Å². The van der Waals surface area contributed by atoms with Crippen LogP contribution in [0.2, 0.25) is 0 Å². The van der Waals surface area contributed by atoms with E-state index in [2.05, 4.69) is 146 Å². The number of fused-ring (bicyclic) bond motifs is 7. The normalized spacial score (nSPS) is 13.1. The minimum Gasteiger partial charge on any atom is -0.455 e. The summed E-state index contributed by atoms with van der Waals surface area (Å²) >= 11 is 0. The molecule has 0 aliphatic heterocycles. The summed E-state index contributed by atoms with van der Waals surface area (Å²) in [7, 11) is 0. The molecule has 51 heavy (non-hydrogen) atoms. The second-order valence-electron chi connectivity index (χ2n) is 13.8. The molecule has 0 spiro atoms. The summed E-state index contributed by atoms with van der Waals surface area (Å²) in [6.07, 6.45) is 0. The van der Waals surface area contributed by atoms with E-state index >= 15 is 0 Å². The Morgan fingerprint density at radius 2 is 1.18 bits per heavy atom. The lowest BCUT2D eigenvalue weighted by Gasteiger charge is -2.29. The summed E-state index contributed by atoms with van der Waals surface area (Å²) in [6, 6.07) is 57.6. The van der Waals surface area contributed by atoms with Crippen molar-refractivity contribution in [2.24, 2.45) is 0 Å². The van der Waals surface area contributed by atoms with Gasteiger partial charge in [0.1, 0.15) is 17.0 Å². The van der Waals surface area contributed by atoms with Gasteiger partial charge in [-0.2, -0.15) is 0 Å². The van der Waals surface area contributed by atoms with Gasteiger partial charge in [-0.3, -0.25) is 4.90 Å². The Morgan fingerprint density at radius 1 is 0.510 bits per heavy atom. The number of benzene rings is 7. The number of rotatable bonds is 5. The first-order valence-electron chi connectivity index (χ1n) is 17.4. The molecular weight excluding hydrogens is 623 g/mol. The smallest absolute Gasteiger partial charge is 0.162 e.